The number of sulfonamides is 1. The Bertz CT molecular complexity index is 1100. The fourth-order valence-corrected chi connectivity index (χ4v) is 6.92. The zero-order valence-electron chi connectivity index (χ0n) is 17.1. The van der Waals surface area contributed by atoms with Crippen molar-refractivity contribution in [1.82, 2.24) is 4.31 Å². The van der Waals surface area contributed by atoms with Crippen LogP contribution in [0.1, 0.15) is 12.0 Å². The van der Waals surface area contributed by atoms with Crippen LogP contribution < -0.4 is 14.2 Å². The van der Waals surface area contributed by atoms with Crippen LogP contribution in [0.15, 0.2) is 47.4 Å². The van der Waals surface area contributed by atoms with Crippen LogP contribution in [0, 0.1) is 0 Å². The smallest absolute Gasteiger partial charge is 0.243 e. The normalized spacial score (nSPS) is 18.3. The molecule has 2 aromatic carbocycles. The van der Waals surface area contributed by atoms with Crippen molar-refractivity contribution in [3.05, 3.63) is 48.0 Å². The Balaban J connectivity index is 2.00. The molecule has 0 amide bonds. The van der Waals surface area contributed by atoms with Gasteiger partial charge in [-0.05, 0) is 48.4 Å². The first-order valence-electron chi connectivity index (χ1n) is 9.27. The van der Waals surface area contributed by atoms with Gasteiger partial charge < -0.3 is 14.2 Å². The summed E-state index contributed by atoms with van der Waals surface area (Å²) in [6.45, 7) is 0.00883. The number of hydrogen-bond acceptors (Lipinski definition) is 7. The van der Waals surface area contributed by atoms with Gasteiger partial charge in [0.15, 0.2) is 21.3 Å². The molecule has 1 aliphatic heterocycles. The van der Waals surface area contributed by atoms with Gasteiger partial charge in [0, 0.05) is 12.6 Å². The fraction of sp³-hybridized carbons (Fsp3) is 0.400. The molecule has 0 radical (unpaired) electrons. The second kappa shape index (κ2) is 8.83. The van der Waals surface area contributed by atoms with Crippen molar-refractivity contribution in [2.75, 3.05) is 32.8 Å². The molecule has 1 atom stereocenters. The maximum atomic E-state index is 13.4. The molecule has 0 bridgehead atoms. The van der Waals surface area contributed by atoms with Gasteiger partial charge in [-0.15, -0.1) is 0 Å². The highest BCUT2D eigenvalue weighted by Gasteiger charge is 2.39. The van der Waals surface area contributed by atoms with Crippen LogP contribution in [0.2, 0.25) is 0 Å². The van der Waals surface area contributed by atoms with E-state index in [0.717, 1.165) is 0 Å². The molecular weight excluding hydrogens is 430 g/mol. The molecule has 30 heavy (non-hydrogen) atoms. The number of nitrogens with zero attached hydrogens (tertiary/aromatic N) is 1. The molecule has 10 heteroatoms. The minimum absolute atomic E-state index is 0.00883. The highest BCUT2D eigenvalue weighted by molar-refractivity contribution is 7.92. The highest BCUT2D eigenvalue weighted by atomic mass is 32.2. The first-order chi connectivity index (χ1) is 14.2. The molecule has 1 saturated heterocycles. The van der Waals surface area contributed by atoms with E-state index in [2.05, 4.69) is 0 Å². The van der Waals surface area contributed by atoms with E-state index in [1.165, 1.54) is 37.8 Å². The third-order valence-corrected chi connectivity index (χ3v) is 8.73. The monoisotopic (exact) mass is 455 g/mol. The third-order valence-electron chi connectivity index (χ3n) is 5.07. The zero-order valence-corrected chi connectivity index (χ0v) is 18.7. The van der Waals surface area contributed by atoms with E-state index in [9.17, 15) is 16.8 Å². The summed E-state index contributed by atoms with van der Waals surface area (Å²) < 4.78 is 67.9. The fourth-order valence-electron chi connectivity index (χ4n) is 3.45. The van der Waals surface area contributed by atoms with E-state index < -0.39 is 25.9 Å². The van der Waals surface area contributed by atoms with E-state index >= 15 is 0 Å². The molecule has 1 aliphatic rings. The van der Waals surface area contributed by atoms with Crippen LogP contribution >= 0.6 is 0 Å². The van der Waals surface area contributed by atoms with E-state index in [-0.39, 0.29) is 29.4 Å². The summed E-state index contributed by atoms with van der Waals surface area (Å²) in [7, 11) is -2.72. The van der Waals surface area contributed by atoms with Crippen LogP contribution in [0.4, 0.5) is 0 Å². The number of methoxy groups -OCH3 is 3. The second-order valence-corrected chi connectivity index (χ2v) is 11.1. The van der Waals surface area contributed by atoms with Gasteiger partial charge in [0.05, 0.1) is 37.7 Å². The summed E-state index contributed by atoms with van der Waals surface area (Å²) in [5.41, 5.74) is 0.661. The Morgan fingerprint density at radius 1 is 0.967 bits per heavy atom. The lowest BCUT2D eigenvalue weighted by atomic mass is 10.1. The first kappa shape index (κ1) is 22.4. The number of sulfone groups is 1. The summed E-state index contributed by atoms with van der Waals surface area (Å²) in [5.74, 6) is 1.29. The molecule has 0 aliphatic carbocycles. The lowest BCUT2D eigenvalue weighted by Gasteiger charge is -2.28. The van der Waals surface area contributed by atoms with E-state index in [4.69, 9.17) is 14.2 Å². The summed E-state index contributed by atoms with van der Waals surface area (Å²) in [6.07, 6.45) is 0.255. The van der Waals surface area contributed by atoms with Crippen LogP contribution in [0.3, 0.4) is 0 Å². The Labute approximate surface area is 177 Å². The van der Waals surface area contributed by atoms with Crippen LogP contribution in [0.25, 0.3) is 0 Å². The summed E-state index contributed by atoms with van der Waals surface area (Å²) >= 11 is 0. The average Bonchev–Trinajstić information content (AvgIpc) is 3.10. The van der Waals surface area contributed by atoms with Crippen LogP contribution in [-0.4, -0.2) is 60.0 Å². The van der Waals surface area contributed by atoms with Gasteiger partial charge in [-0.3, -0.25) is 0 Å². The summed E-state index contributed by atoms with van der Waals surface area (Å²) in [4.78, 5) is 0.0769. The van der Waals surface area contributed by atoms with Gasteiger partial charge in [-0.25, -0.2) is 16.8 Å². The predicted molar refractivity (Wildman–Crippen MR) is 112 cm³/mol. The van der Waals surface area contributed by atoms with Crippen LogP contribution in [0.5, 0.6) is 17.2 Å². The van der Waals surface area contributed by atoms with Gasteiger partial charge >= 0.3 is 0 Å². The zero-order chi connectivity index (χ0) is 21.9. The van der Waals surface area contributed by atoms with Gasteiger partial charge in [-0.1, -0.05) is 6.07 Å². The van der Waals surface area contributed by atoms with E-state index in [1.54, 1.807) is 30.3 Å². The van der Waals surface area contributed by atoms with Crippen LogP contribution in [-0.2, 0) is 26.4 Å². The number of benzene rings is 2. The van der Waals surface area contributed by atoms with Gasteiger partial charge in [-0.2, -0.15) is 4.31 Å². The topological polar surface area (TPSA) is 99.2 Å². The Hall–Kier alpha value is -2.30. The first-order valence-corrected chi connectivity index (χ1v) is 12.5. The molecule has 0 unspecified atom stereocenters. The third kappa shape index (κ3) is 4.71. The van der Waals surface area contributed by atoms with Crippen molar-refractivity contribution in [2.45, 2.75) is 23.9 Å². The lowest BCUT2D eigenvalue weighted by Crippen LogP contribution is -2.40. The maximum Gasteiger partial charge on any atom is 0.243 e. The minimum atomic E-state index is -3.95. The van der Waals surface area contributed by atoms with Gasteiger partial charge in [0.25, 0.3) is 0 Å². The number of ether oxygens (including phenoxy) is 3. The second-order valence-electron chi connectivity index (χ2n) is 6.97. The van der Waals surface area contributed by atoms with Crippen molar-refractivity contribution in [3.8, 4) is 17.2 Å². The molecule has 3 rings (SSSR count). The molecule has 1 fully saturated rings. The minimum Gasteiger partial charge on any atom is -0.497 e. The Morgan fingerprint density at radius 3 is 2.17 bits per heavy atom. The molecule has 164 valence electrons. The highest BCUT2D eigenvalue weighted by Crippen LogP contribution is 2.31. The lowest BCUT2D eigenvalue weighted by molar-refractivity contribution is 0.330. The van der Waals surface area contributed by atoms with Crippen molar-refractivity contribution in [1.29, 1.82) is 0 Å². The van der Waals surface area contributed by atoms with Crippen molar-refractivity contribution >= 4 is 19.9 Å². The molecular formula is C20H25NO7S2. The molecule has 2 aromatic rings. The Kier molecular flexibility index (Phi) is 6.59. The van der Waals surface area contributed by atoms with E-state index in [1.807, 2.05) is 0 Å². The average molecular weight is 456 g/mol. The number of hydrogen-bond donors (Lipinski definition) is 0. The molecule has 8 nitrogen and oxygen atoms in total. The van der Waals surface area contributed by atoms with Gasteiger partial charge in [0.1, 0.15) is 5.75 Å². The maximum absolute atomic E-state index is 13.4. The van der Waals surface area contributed by atoms with Crippen molar-refractivity contribution in [2.24, 2.45) is 0 Å². The molecule has 0 N–H and O–H groups in total. The molecule has 0 aromatic heterocycles. The standard InChI is InChI=1S/C20H25NO7S2/c1-26-17-5-7-18(8-6-17)30(24,25)21(16-10-11-29(22,23)14-16)13-15-4-9-19(27-2)20(12-15)28-3/h4-9,12,16H,10-11,13-14H2,1-3H3/t16-/m1/s1. The molecule has 1 heterocycles. The predicted octanol–water partition coefficient (Wildman–Crippen LogP) is 2.09. The Morgan fingerprint density at radius 2 is 1.63 bits per heavy atom. The molecule has 0 spiro atoms. The SMILES string of the molecule is COc1ccc(S(=O)(=O)N(Cc2ccc(OC)c(OC)c2)[C@@H]2CCS(=O)(=O)C2)cc1. The van der Waals surface area contributed by atoms with E-state index in [0.29, 0.717) is 22.8 Å². The largest absolute Gasteiger partial charge is 0.497 e. The molecule has 0 saturated carbocycles. The van der Waals surface area contributed by atoms with Crippen molar-refractivity contribution in [3.63, 3.8) is 0 Å². The summed E-state index contributed by atoms with van der Waals surface area (Å²) in [5, 5.41) is 0. The van der Waals surface area contributed by atoms with Crippen molar-refractivity contribution < 1.29 is 31.0 Å². The summed E-state index contributed by atoms with van der Waals surface area (Å²) in [6, 6.07) is 10.5. The quantitative estimate of drug-likeness (QED) is 0.601. The van der Waals surface area contributed by atoms with Gasteiger partial charge in [0.2, 0.25) is 10.0 Å². The number of rotatable bonds is 8.